The van der Waals surface area contributed by atoms with Gasteiger partial charge >= 0.3 is 0 Å². The molecule has 0 radical (unpaired) electrons. The van der Waals surface area contributed by atoms with Crippen molar-refractivity contribution < 1.29 is 9.53 Å². The summed E-state index contributed by atoms with van der Waals surface area (Å²) in [5.41, 5.74) is 6.26. The van der Waals surface area contributed by atoms with Crippen molar-refractivity contribution in [2.75, 3.05) is 6.61 Å². The van der Waals surface area contributed by atoms with Gasteiger partial charge in [-0.15, -0.1) is 0 Å². The first kappa shape index (κ1) is 15.4. The fourth-order valence-corrected chi connectivity index (χ4v) is 1.84. The van der Waals surface area contributed by atoms with Gasteiger partial charge in [-0.05, 0) is 25.5 Å². The third kappa shape index (κ3) is 5.70. The standard InChI is InChI=1S/C14H20N2O2S/c1-3-5-10(2)16-13(17)9-18-12-7-4-6-11(8-12)14(15)19/h4,6-8,10H,3,5,9H2,1-2H3,(H2,15,19)(H,16,17). The minimum absolute atomic E-state index is 0.00512. The summed E-state index contributed by atoms with van der Waals surface area (Å²) >= 11 is 4.89. The van der Waals surface area contributed by atoms with Crippen LogP contribution in [-0.4, -0.2) is 23.5 Å². The quantitative estimate of drug-likeness (QED) is 0.750. The molecule has 1 amide bonds. The number of ether oxygens (including phenoxy) is 1. The molecule has 4 nitrogen and oxygen atoms in total. The van der Waals surface area contributed by atoms with Gasteiger partial charge in [0, 0.05) is 11.6 Å². The van der Waals surface area contributed by atoms with Crippen LogP contribution in [0, 0.1) is 0 Å². The molecule has 3 N–H and O–H groups in total. The van der Waals surface area contributed by atoms with E-state index in [9.17, 15) is 4.79 Å². The second kappa shape index (κ2) is 7.74. The smallest absolute Gasteiger partial charge is 0.258 e. The molecular weight excluding hydrogens is 260 g/mol. The predicted octanol–water partition coefficient (Wildman–Crippen LogP) is 2.00. The number of carbonyl (C=O) groups is 1. The summed E-state index contributed by atoms with van der Waals surface area (Å²) in [7, 11) is 0. The molecule has 0 heterocycles. The predicted molar refractivity (Wildman–Crippen MR) is 80.3 cm³/mol. The van der Waals surface area contributed by atoms with E-state index in [4.69, 9.17) is 22.7 Å². The highest BCUT2D eigenvalue weighted by Crippen LogP contribution is 2.13. The molecule has 5 heteroatoms. The minimum Gasteiger partial charge on any atom is -0.484 e. The second-order valence-electron chi connectivity index (χ2n) is 4.44. The molecule has 1 unspecified atom stereocenters. The Morgan fingerprint density at radius 1 is 1.53 bits per heavy atom. The maximum absolute atomic E-state index is 11.6. The third-order valence-corrected chi connectivity index (χ3v) is 2.85. The van der Waals surface area contributed by atoms with E-state index >= 15 is 0 Å². The van der Waals surface area contributed by atoms with Gasteiger partial charge in [0.05, 0.1) is 0 Å². The number of amides is 1. The van der Waals surface area contributed by atoms with Gasteiger partial charge in [0.15, 0.2) is 6.61 Å². The van der Waals surface area contributed by atoms with Gasteiger partial charge in [-0.25, -0.2) is 0 Å². The van der Waals surface area contributed by atoms with Crippen molar-refractivity contribution >= 4 is 23.1 Å². The summed E-state index contributed by atoms with van der Waals surface area (Å²) in [5.74, 6) is 0.463. The summed E-state index contributed by atoms with van der Waals surface area (Å²) < 4.78 is 5.41. The molecule has 0 spiro atoms. The molecule has 0 aliphatic carbocycles. The Labute approximate surface area is 119 Å². The zero-order valence-corrected chi connectivity index (χ0v) is 12.1. The molecular formula is C14H20N2O2S. The van der Waals surface area contributed by atoms with Gasteiger partial charge in [0.1, 0.15) is 10.7 Å². The number of hydrogen-bond acceptors (Lipinski definition) is 3. The molecule has 0 saturated heterocycles. The molecule has 0 aliphatic heterocycles. The Kier molecular flexibility index (Phi) is 6.29. The molecule has 104 valence electrons. The Balaban J connectivity index is 2.46. The van der Waals surface area contributed by atoms with Crippen molar-refractivity contribution in [1.29, 1.82) is 0 Å². The van der Waals surface area contributed by atoms with Gasteiger partial charge < -0.3 is 15.8 Å². The Bertz CT molecular complexity index is 449. The van der Waals surface area contributed by atoms with E-state index in [1.54, 1.807) is 24.3 Å². The summed E-state index contributed by atoms with van der Waals surface area (Å²) in [6.07, 6.45) is 2.00. The van der Waals surface area contributed by atoms with Crippen LogP contribution in [0.5, 0.6) is 5.75 Å². The highest BCUT2D eigenvalue weighted by Gasteiger charge is 2.07. The molecule has 0 bridgehead atoms. The number of thiocarbonyl (C=S) groups is 1. The molecule has 1 rings (SSSR count). The molecule has 0 fully saturated rings. The van der Waals surface area contributed by atoms with Crippen LogP contribution in [0.2, 0.25) is 0 Å². The van der Waals surface area contributed by atoms with Gasteiger partial charge in [0.2, 0.25) is 0 Å². The fraction of sp³-hybridized carbons (Fsp3) is 0.429. The van der Waals surface area contributed by atoms with Gasteiger partial charge in [-0.3, -0.25) is 4.79 Å². The number of rotatable bonds is 7. The SMILES string of the molecule is CCCC(C)NC(=O)COc1cccc(C(N)=S)c1. The molecule has 1 atom stereocenters. The van der Waals surface area contributed by atoms with Crippen LogP contribution >= 0.6 is 12.2 Å². The van der Waals surface area contributed by atoms with E-state index in [1.165, 1.54) is 0 Å². The number of nitrogens with two attached hydrogens (primary N) is 1. The Morgan fingerprint density at radius 2 is 2.26 bits per heavy atom. The second-order valence-corrected chi connectivity index (χ2v) is 4.88. The Morgan fingerprint density at radius 3 is 2.89 bits per heavy atom. The van der Waals surface area contributed by atoms with E-state index in [0.29, 0.717) is 10.7 Å². The molecule has 1 aromatic rings. The summed E-state index contributed by atoms with van der Waals surface area (Å²) in [6.45, 7) is 4.06. The van der Waals surface area contributed by atoms with E-state index in [2.05, 4.69) is 12.2 Å². The largest absolute Gasteiger partial charge is 0.484 e. The molecule has 1 aromatic carbocycles. The third-order valence-electron chi connectivity index (χ3n) is 2.62. The lowest BCUT2D eigenvalue weighted by molar-refractivity contribution is -0.123. The summed E-state index contributed by atoms with van der Waals surface area (Å²) in [6, 6.07) is 7.26. The topological polar surface area (TPSA) is 64.3 Å². The van der Waals surface area contributed by atoms with Crippen molar-refractivity contribution in [2.24, 2.45) is 5.73 Å². The first-order valence-corrected chi connectivity index (χ1v) is 6.75. The monoisotopic (exact) mass is 280 g/mol. The van der Waals surface area contributed by atoms with Crippen molar-refractivity contribution in [3.63, 3.8) is 0 Å². The van der Waals surface area contributed by atoms with E-state index < -0.39 is 0 Å². The first-order valence-electron chi connectivity index (χ1n) is 6.35. The van der Waals surface area contributed by atoms with Crippen LogP contribution in [0.25, 0.3) is 0 Å². The van der Waals surface area contributed by atoms with Crippen LogP contribution in [0.15, 0.2) is 24.3 Å². The molecule has 0 aliphatic rings. The first-order chi connectivity index (χ1) is 9.02. The summed E-state index contributed by atoms with van der Waals surface area (Å²) in [5, 5.41) is 2.87. The fourth-order valence-electron chi connectivity index (χ4n) is 1.71. The zero-order chi connectivity index (χ0) is 14.3. The molecule has 0 saturated carbocycles. The van der Waals surface area contributed by atoms with Crippen molar-refractivity contribution in [1.82, 2.24) is 5.32 Å². The lowest BCUT2D eigenvalue weighted by Gasteiger charge is -2.13. The van der Waals surface area contributed by atoms with E-state index in [1.807, 2.05) is 6.92 Å². The lowest BCUT2D eigenvalue weighted by Crippen LogP contribution is -2.35. The highest BCUT2D eigenvalue weighted by atomic mass is 32.1. The molecule has 0 aromatic heterocycles. The van der Waals surface area contributed by atoms with Gasteiger partial charge in [-0.1, -0.05) is 37.7 Å². The van der Waals surface area contributed by atoms with Crippen LogP contribution in [-0.2, 0) is 4.79 Å². The van der Waals surface area contributed by atoms with Crippen molar-refractivity contribution in [3.05, 3.63) is 29.8 Å². The lowest BCUT2D eigenvalue weighted by atomic mass is 10.2. The maximum atomic E-state index is 11.6. The maximum Gasteiger partial charge on any atom is 0.258 e. The zero-order valence-electron chi connectivity index (χ0n) is 11.3. The van der Waals surface area contributed by atoms with Crippen molar-refractivity contribution in [3.8, 4) is 5.75 Å². The average Bonchev–Trinajstić information content (AvgIpc) is 2.37. The van der Waals surface area contributed by atoms with Crippen LogP contribution < -0.4 is 15.8 Å². The van der Waals surface area contributed by atoms with Crippen LogP contribution in [0.1, 0.15) is 32.3 Å². The Hall–Kier alpha value is -1.62. The highest BCUT2D eigenvalue weighted by molar-refractivity contribution is 7.80. The van der Waals surface area contributed by atoms with Crippen LogP contribution in [0.3, 0.4) is 0 Å². The number of carbonyl (C=O) groups excluding carboxylic acids is 1. The van der Waals surface area contributed by atoms with Crippen LogP contribution in [0.4, 0.5) is 0 Å². The van der Waals surface area contributed by atoms with Gasteiger partial charge in [0.25, 0.3) is 5.91 Å². The van der Waals surface area contributed by atoms with E-state index in [-0.39, 0.29) is 18.6 Å². The summed E-state index contributed by atoms with van der Waals surface area (Å²) in [4.78, 5) is 11.9. The van der Waals surface area contributed by atoms with Gasteiger partial charge in [-0.2, -0.15) is 0 Å². The van der Waals surface area contributed by atoms with E-state index in [0.717, 1.165) is 18.4 Å². The number of hydrogen-bond donors (Lipinski definition) is 2. The average molecular weight is 280 g/mol. The molecule has 19 heavy (non-hydrogen) atoms. The number of benzene rings is 1. The normalized spacial score (nSPS) is 11.7. The number of nitrogens with one attached hydrogen (secondary N) is 1. The minimum atomic E-state index is -0.123. The van der Waals surface area contributed by atoms with Crippen molar-refractivity contribution in [2.45, 2.75) is 32.7 Å².